The van der Waals surface area contributed by atoms with Gasteiger partial charge in [-0.15, -0.1) is 0 Å². The summed E-state index contributed by atoms with van der Waals surface area (Å²) in [6.07, 6.45) is 1.60. The van der Waals surface area contributed by atoms with Crippen LogP contribution in [0.5, 0.6) is 0 Å². The van der Waals surface area contributed by atoms with Crippen molar-refractivity contribution >= 4 is 5.91 Å². The SMILES string of the molecule is O=C(NCc1nc(-c2ccccc2)no1)C1CCN(Cc2ccc(F)cc2)CC1. The van der Waals surface area contributed by atoms with Crippen molar-refractivity contribution < 1.29 is 13.7 Å². The first kappa shape index (κ1) is 19.3. The summed E-state index contributed by atoms with van der Waals surface area (Å²) in [5, 5.41) is 6.87. The van der Waals surface area contributed by atoms with Crippen LogP contribution in [-0.4, -0.2) is 34.0 Å². The van der Waals surface area contributed by atoms with Crippen molar-refractivity contribution in [1.29, 1.82) is 0 Å². The fourth-order valence-corrected chi connectivity index (χ4v) is 3.54. The quantitative estimate of drug-likeness (QED) is 0.694. The average Bonchev–Trinajstić information content (AvgIpc) is 3.24. The standard InChI is InChI=1S/C22H23FN4O2/c23-19-8-6-16(7-9-19)15-27-12-10-18(11-13-27)22(28)24-14-20-25-21(26-29-20)17-4-2-1-3-5-17/h1-9,18H,10-15H2,(H,24,28). The minimum Gasteiger partial charge on any atom is -0.347 e. The zero-order chi connectivity index (χ0) is 20.1. The number of piperidine rings is 1. The molecule has 2 aromatic carbocycles. The van der Waals surface area contributed by atoms with Gasteiger partial charge < -0.3 is 9.84 Å². The number of nitrogens with one attached hydrogen (secondary N) is 1. The maximum absolute atomic E-state index is 13.0. The number of benzene rings is 2. The van der Waals surface area contributed by atoms with E-state index < -0.39 is 0 Å². The molecule has 0 radical (unpaired) electrons. The average molecular weight is 394 g/mol. The summed E-state index contributed by atoms with van der Waals surface area (Å²) in [4.78, 5) is 19.1. The van der Waals surface area contributed by atoms with Gasteiger partial charge >= 0.3 is 0 Å². The number of hydrogen-bond donors (Lipinski definition) is 1. The monoisotopic (exact) mass is 394 g/mol. The van der Waals surface area contributed by atoms with Gasteiger partial charge in [0.2, 0.25) is 17.6 Å². The van der Waals surface area contributed by atoms with E-state index in [1.54, 1.807) is 0 Å². The van der Waals surface area contributed by atoms with Crippen molar-refractivity contribution in [1.82, 2.24) is 20.4 Å². The number of likely N-dealkylation sites (tertiary alicyclic amines) is 1. The molecule has 1 aliphatic heterocycles. The Kier molecular flexibility index (Phi) is 5.95. The fourth-order valence-electron chi connectivity index (χ4n) is 3.54. The Morgan fingerprint density at radius 1 is 1.10 bits per heavy atom. The lowest BCUT2D eigenvalue weighted by molar-refractivity contribution is -0.126. The Morgan fingerprint density at radius 3 is 2.55 bits per heavy atom. The molecule has 29 heavy (non-hydrogen) atoms. The molecule has 150 valence electrons. The van der Waals surface area contributed by atoms with Crippen LogP contribution in [0.1, 0.15) is 24.3 Å². The molecular weight excluding hydrogens is 371 g/mol. The number of aromatic nitrogens is 2. The fraction of sp³-hybridized carbons (Fsp3) is 0.318. The highest BCUT2D eigenvalue weighted by atomic mass is 19.1. The lowest BCUT2D eigenvalue weighted by atomic mass is 9.95. The molecule has 1 N–H and O–H groups in total. The molecule has 1 amide bonds. The molecule has 3 aromatic rings. The summed E-state index contributed by atoms with van der Waals surface area (Å²) in [6, 6.07) is 16.2. The molecule has 0 unspecified atom stereocenters. The van der Waals surface area contributed by atoms with Gasteiger partial charge in [-0.1, -0.05) is 47.6 Å². The van der Waals surface area contributed by atoms with Gasteiger partial charge in [0, 0.05) is 18.0 Å². The summed E-state index contributed by atoms with van der Waals surface area (Å²) < 4.78 is 18.3. The number of carbonyl (C=O) groups excluding carboxylic acids is 1. The number of amides is 1. The molecule has 0 aliphatic carbocycles. The van der Waals surface area contributed by atoms with Gasteiger partial charge in [-0.2, -0.15) is 4.98 Å². The number of hydrogen-bond acceptors (Lipinski definition) is 5. The second-order valence-corrected chi connectivity index (χ2v) is 7.27. The molecule has 0 saturated carbocycles. The largest absolute Gasteiger partial charge is 0.347 e. The summed E-state index contributed by atoms with van der Waals surface area (Å²) in [5.41, 5.74) is 1.96. The van der Waals surface area contributed by atoms with Crippen LogP contribution in [0.2, 0.25) is 0 Å². The van der Waals surface area contributed by atoms with Crippen molar-refractivity contribution in [2.45, 2.75) is 25.9 Å². The van der Waals surface area contributed by atoms with Crippen LogP contribution in [0, 0.1) is 11.7 Å². The van der Waals surface area contributed by atoms with Crippen LogP contribution in [0.15, 0.2) is 59.1 Å². The third kappa shape index (κ3) is 5.06. The van der Waals surface area contributed by atoms with E-state index in [2.05, 4.69) is 20.4 Å². The minimum absolute atomic E-state index is 0.0176. The molecule has 0 atom stereocenters. The Morgan fingerprint density at radius 2 is 1.83 bits per heavy atom. The van der Waals surface area contributed by atoms with Crippen LogP contribution in [0.3, 0.4) is 0 Å². The Balaban J connectivity index is 1.23. The van der Waals surface area contributed by atoms with E-state index >= 15 is 0 Å². The van der Waals surface area contributed by atoms with Gasteiger partial charge in [-0.25, -0.2) is 4.39 Å². The van der Waals surface area contributed by atoms with Gasteiger partial charge in [0.1, 0.15) is 5.82 Å². The highest BCUT2D eigenvalue weighted by Crippen LogP contribution is 2.20. The van der Waals surface area contributed by atoms with Crippen LogP contribution < -0.4 is 5.32 Å². The van der Waals surface area contributed by atoms with Crippen molar-refractivity contribution in [2.24, 2.45) is 5.92 Å². The highest BCUT2D eigenvalue weighted by molar-refractivity contribution is 5.78. The molecule has 7 heteroatoms. The Bertz CT molecular complexity index is 935. The third-order valence-corrected chi connectivity index (χ3v) is 5.19. The van der Waals surface area contributed by atoms with Crippen LogP contribution in [0.25, 0.3) is 11.4 Å². The molecule has 2 heterocycles. The van der Waals surface area contributed by atoms with E-state index in [0.29, 0.717) is 11.7 Å². The van der Waals surface area contributed by atoms with Gasteiger partial charge in [-0.3, -0.25) is 9.69 Å². The van der Waals surface area contributed by atoms with E-state index in [1.807, 2.05) is 42.5 Å². The molecule has 1 saturated heterocycles. The second-order valence-electron chi connectivity index (χ2n) is 7.27. The minimum atomic E-state index is -0.221. The van der Waals surface area contributed by atoms with Crippen molar-refractivity contribution in [2.75, 3.05) is 13.1 Å². The number of halogens is 1. The number of carbonyl (C=O) groups is 1. The first-order chi connectivity index (χ1) is 14.2. The maximum Gasteiger partial charge on any atom is 0.246 e. The van der Waals surface area contributed by atoms with Crippen molar-refractivity contribution in [3.8, 4) is 11.4 Å². The van der Waals surface area contributed by atoms with Gasteiger partial charge in [0.25, 0.3) is 0 Å². The summed E-state index contributed by atoms with van der Waals surface area (Å²) in [5.74, 6) is 0.693. The van der Waals surface area contributed by atoms with Crippen molar-refractivity contribution in [3.05, 3.63) is 71.9 Å². The molecule has 0 bridgehead atoms. The summed E-state index contributed by atoms with van der Waals surface area (Å²) in [6.45, 7) is 2.69. The molecule has 4 rings (SSSR count). The third-order valence-electron chi connectivity index (χ3n) is 5.19. The van der Waals surface area contributed by atoms with Crippen molar-refractivity contribution in [3.63, 3.8) is 0 Å². The van der Waals surface area contributed by atoms with E-state index in [-0.39, 0.29) is 24.2 Å². The predicted octanol–water partition coefficient (Wildman–Crippen LogP) is 3.40. The Hall–Kier alpha value is -3.06. The zero-order valence-corrected chi connectivity index (χ0v) is 16.1. The van der Waals surface area contributed by atoms with Gasteiger partial charge in [0.05, 0.1) is 6.54 Å². The summed E-state index contributed by atoms with van der Waals surface area (Å²) >= 11 is 0. The van der Waals surface area contributed by atoms with Crippen LogP contribution >= 0.6 is 0 Å². The lowest BCUT2D eigenvalue weighted by Crippen LogP contribution is -2.40. The smallest absolute Gasteiger partial charge is 0.246 e. The molecule has 1 fully saturated rings. The summed E-state index contributed by atoms with van der Waals surface area (Å²) in [7, 11) is 0. The predicted molar refractivity (Wildman–Crippen MR) is 106 cm³/mol. The number of rotatable bonds is 6. The van der Waals surface area contributed by atoms with E-state index in [1.165, 1.54) is 12.1 Å². The van der Waals surface area contributed by atoms with E-state index in [0.717, 1.165) is 43.6 Å². The molecule has 1 aliphatic rings. The van der Waals surface area contributed by atoms with E-state index in [4.69, 9.17) is 4.52 Å². The van der Waals surface area contributed by atoms with E-state index in [9.17, 15) is 9.18 Å². The second kappa shape index (κ2) is 8.96. The number of nitrogens with zero attached hydrogens (tertiary/aromatic N) is 3. The highest BCUT2D eigenvalue weighted by Gasteiger charge is 2.25. The molecule has 0 spiro atoms. The van der Waals surface area contributed by atoms with Gasteiger partial charge in [-0.05, 0) is 43.6 Å². The Labute approximate surface area is 168 Å². The molecule has 1 aromatic heterocycles. The maximum atomic E-state index is 13.0. The first-order valence-electron chi connectivity index (χ1n) is 9.80. The van der Waals surface area contributed by atoms with Crippen LogP contribution in [0.4, 0.5) is 4.39 Å². The first-order valence-corrected chi connectivity index (χ1v) is 9.80. The molecule has 6 nitrogen and oxygen atoms in total. The normalized spacial score (nSPS) is 15.3. The topological polar surface area (TPSA) is 71.3 Å². The molecular formula is C22H23FN4O2. The zero-order valence-electron chi connectivity index (χ0n) is 16.1. The lowest BCUT2D eigenvalue weighted by Gasteiger charge is -2.31. The van der Waals surface area contributed by atoms with Gasteiger partial charge in [0.15, 0.2) is 0 Å². The van der Waals surface area contributed by atoms with Crippen LogP contribution in [-0.2, 0) is 17.9 Å².